The van der Waals surface area contributed by atoms with Gasteiger partial charge in [0.25, 0.3) is 0 Å². The molecule has 2 rings (SSSR count). The fourth-order valence-electron chi connectivity index (χ4n) is 1.98. The van der Waals surface area contributed by atoms with Gasteiger partial charge in [0, 0.05) is 35.0 Å². The molecular formula is C14H15BrN4. The monoisotopic (exact) mass is 318 g/mol. The second-order valence-corrected chi connectivity index (χ2v) is 5.29. The summed E-state index contributed by atoms with van der Waals surface area (Å²) < 4.78 is 2.78. The summed E-state index contributed by atoms with van der Waals surface area (Å²) in [6.45, 7) is 4.79. The van der Waals surface area contributed by atoms with Crippen molar-refractivity contribution in [2.24, 2.45) is 7.05 Å². The highest BCUT2D eigenvalue weighted by Gasteiger charge is 2.09. The summed E-state index contributed by atoms with van der Waals surface area (Å²) in [6, 6.07) is 7.64. The molecule has 1 aromatic heterocycles. The molecule has 98 valence electrons. The van der Waals surface area contributed by atoms with E-state index in [2.05, 4.69) is 39.3 Å². The van der Waals surface area contributed by atoms with Gasteiger partial charge in [-0.2, -0.15) is 10.4 Å². The van der Waals surface area contributed by atoms with Gasteiger partial charge in [-0.25, -0.2) is 0 Å². The number of hydrogen-bond donors (Lipinski definition) is 1. The van der Waals surface area contributed by atoms with Crippen molar-refractivity contribution < 1.29 is 0 Å². The molecule has 1 heterocycles. The second kappa shape index (κ2) is 5.45. The van der Waals surface area contributed by atoms with Crippen LogP contribution in [0.1, 0.15) is 22.5 Å². The number of nitrogens with zero attached hydrogens (tertiary/aromatic N) is 3. The van der Waals surface area contributed by atoms with Crippen LogP contribution >= 0.6 is 15.9 Å². The van der Waals surface area contributed by atoms with Crippen molar-refractivity contribution in [2.45, 2.75) is 20.4 Å². The van der Waals surface area contributed by atoms with Crippen molar-refractivity contribution in [3.8, 4) is 6.07 Å². The van der Waals surface area contributed by atoms with E-state index in [0.717, 1.165) is 28.1 Å². The highest BCUT2D eigenvalue weighted by Crippen LogP contribution is 2.24. The molecule has 0 bridgehead atoms. The van der Waals surface area contributed by atoms with E-state index < -0.39 is 0 Å². The Morgan fingerprint density at radius 3 is 2.68 bits per heavy atom. The van der Waals surface area contributed by atoms with Crippen molar-refractivity contribution >= 4 is 21.6 Å². The van der Waals surface area contributed by atoms with Crippen LogP contribution in [0.3, 0.4) is 0 Å². The Kier molecular flexibility index (Phi) is 3.91. The summed E-state index contributed by atoms with van der Waals surface area (Å²) in [7, 11) is 1.95. The second-order valence-electron chi connectivity index (χ2n) is 4.43. The summed E-state index contributed by atoms with van der Waals surface area (Å²) in [6.07, 6.45) is 0. The summed E-state index contributed by atoms with van der Waals surface area (Å²) in [5.41, 5.74) is 5.03. The number of nitriles is 1. The number of aromatic nitrogens is 2. The number of aryl methyl sites for hydroxylation is 2. The van der Waals surface area contributed by atoms with E-state index in [0.29, 0.717) is 5.56 Å². The summed E-state index contributed by atoms with van der Waals surface area (Å²) in [5, 5.41) is 16.6. The standard InChI is InChI=1S/C14H15BrN4/c1-9-12(10(2)19(3)18-9)8-17-14-5-4-11(7-16)6-13(14)15/h4-6,17H,8H2,1-3H3. The third-order valence-electron chi connectivity index (χ3n) is 3.21. The predicted molar refractivity (Wildman–Crippen MR) is 78.9 cm³/mol. The van der Waals surface area contributed by atoms with Gasteiger partial charge in [0.15, 0.2) is 0 Å². The number of hydrogen-bond acceptors (Lipinski definition) is 3. The Balaban J connectivity index is 2.17. The van der Waals surface area contributed by atoms with Crippen LogP contribution in [0.4, 0.5) is 5.69 Å². The molecule has 4 nitrogen and oxygen atoms in total. The first-order valence-electron chi connectivity index (χ1n) is 5.95. The maximum absolute atomic E-state index is 8.83. The zero-order valence-corrected chi connectivity index (χ0v) is 12.7. The highest BCUT2D eigenvalue weighted by atomic mass is 79.9. The lowest BCUT2D eigenvalue weighted by Gasteiger charge is -2.09. The van der Waals surface area contributed by atoms with Crippen LogP contribution < -0.4 is 5.32 Å². The fourth-order valence-corrected chi connectivity index (χ4v) is 2.50. The van der Waals surface area contributed by atoms with Gasteiger partial charge in [0.2, 0.25) is 0 Å². The first-order valence-corrected chi connectivity index (χ1v) is 6.75. The third-order valence-corrected chi connectivity index (χ3v) is 3.87. The smallest absolute Gasteiger partial charge is 0.0992 e. The van der Waals surface area contributed by atoms with E-state index in [9.17, 15) is 0 Å². The number of rotatable bonds is 3. The van der Waals surface area contributed by atoms with E-state index in [1.54, 1.807) is 6.07 Å². The van der Waals surface area contributed by atoms with Crippen LogP contribution in [0.25, 0.3) is 0 Å². The average molecular weight is 319 g/mol. The van der Waals surface area contributed by atoms with Gasteiger partial charge < -0.3 is 5.32 Å². The van der Waals surface area contributed by atoms with Crippen LogP contribution in [-0.4, -0.2) is 9.78 Å². The Morgan fingerprint density at radius 2 is 2.16 bits per heavy atom. The minimum atomic E-state index is 0.645. The molecular weight excluding hydrogens is 304 g/mol. The number of nitrogens with one attached hydrogen (secondary N) is 1. The van der Waals surface area contributed by atoms with Crippen LogP contribution in [-0.2, 0) is 13.6 Å². The Morgan fingerprint density at radius 1 is 1.42 bits per heavy atom. The van der Waals surface area contributed by atoms with E-state index in [4.69, 9.17) is 5.26 Å². The molecule has 0 fully saturated rings. The van der Waals surface area contributed by atoms with Crippen LogP contribution in [0.2, 0.25) is 0 Å². The van der Waals surface area contributed by atoms with Gasteiger partial charge in [-0.1, -0.05) is 0 Å². The SMILES string of the molecule is Cc1nn(C)c(C)c1CNc1ccc(C#N)cc1Br. The van der Waals surface area contributed by atoms with Gasteiger partial charge in [-0.05, 0) is 48.0 Å². The molecule has 0 amide bonds. The molecule has 0 saturated heterocycles. The van der Waals surface area contributed by atoms with Gasteiger partial charge in [-0.15, -0.1) is 0 Å². The average Bonchev–Trinajstić information content (AvgIpc) is 2.62. The van der Waals surface area contributed by atoms with Gasteiger partial charge in [0.1, 0.15) is 0 Å². The van der Waals surface area contributed by atoms with Crippen molar-refractivity contribution in [3.63, 3.8) is 0 Å². The van der Waals surface area contributed by atoms with E-state index in [1.165, 1.54) is 5.56 Å². The Hall–Kier alpha value is -1.80. The van der Waals surface area contributed by atoms with E-state index in [1.807, 2.05) is 30.8 Å². The predicted octanol–water partition coefficient (Wildman–Crippen LogP) is 3.28. The lowest BCUT2D eigenvalue weighted by atomic mass is 10.2. The Bertz CT molecular complexity index is 652. The first kappa shape index (κ1) is 13.6. The molecule has 0 unspecified atom stereocenters. The first-order chi connectivity index (χ1) is 9.02. The van der Waals surface area contributed by atoms with Crippen molar-refractivity contribution in [1.82, 2.24) is 9.78 Å². The third kappa shape index (κ3) is 2.79. The molecule has 19 heavy (non-hydrogen) atoms. The number of benzene rings is 1. The van der Waals surface area contributed by atoms with Gasteiger partial charge in [-0.3, -0.25) is 4.68 Å². The summed E-state index contributed by atoms with van der Waals surface area (Å²) >= 11 is 3.47. The quantitative estimate of drug-likeness (QED) is 0.944. The molecule has 1 N–H and O–H groups in total. The normalized spacial score (nSPS) is 10.3. The molecule has 2 aromatic rings. The van der Waals surface area contributed by atoms with Crippen molar-refractivity contribution in [2.75, 3.05) is 5.32 Å². The molecule has 0 aliphatic carbocycles. The van der Waals surface area contributed by atoms with Crippen LogP contribution in [0.5, 0.6) is 0 Å². The van der Waals surface area contributed by atoms with Crippen LogP contribution in [0, 0.1) is 25.2 Å². The number of anilines is 1. The molecule has 1 aromatic carbocycles. The lowest BCUT2D eigenvalue weighted by Crippen LogP contribution is -2.03. The van der Waals surface area contributed by atoms with Gasteiger partial charge in [0.05, 0.1) is 17.3 Å². The van der Waals surface area contributed by atoms with Gasteiger partial charge >= 0.3 is 0 Å². The molecule has 5 heteroatoms. The fraction of sp³-hybridized carbons (Fsp3) is 0.286. The molecule has 0 saturated carbocycles. The Labute approximate surface area is 121 Å². The maximum atomic E-state index is 8.83. The minimum Gasteiger partial charge on any atom is -0.380 e. The zero-order chi connectivity index (χ0) is 14.0. The summed E-state index contributed by atoms with van der Waals surface area (Å²) in [4.78, 5) is 0. The van der Waals surface area contributed by atoms with Crippen molar-refractivity contribution in [1.29, 1.82) is 5.26 Å². The molecule has 0 spiro atoms. The highest BCUT2D eigenvalue weighted by molar-refractivity contribution is 9.10. The largest absolute Gasteiger partial charge is 0.380 e. The van der Waals surface area contributed by atoms with E-state index in [-0.39, 0.29) is 0 Å². The summed E-state index contributed by atoms with van der Waals surface area (Å²) in [5.74, 6) is 0. The molecule has 0 radical (unpaired) electrons. The topological polar surface area (TPSA) is 53.6 Å². The molecule has 0 atom stereocenters. The van der Waals surface area contributed by atoms with Crippen LogP contribution in [0.15, 0.2) is 22.7 Å². The maximum Gasteiger partial charge on any atom is 0.0992 e. The van der Waals surface area contributed by atoms with E-state index >= 15 is 0 Å². The zero-order valence-electron chi connectivity index (χ0n) is 11.2. The lowest BCUT2D eigenvalue weighted by molar-refractivity contribution is 0.730. The van der Waals surface area contributed by atoms with Crippen molar-refractivity contribution in [3.05, 3.63) is 45.2 Å². The number of halogens is 1. The minimum absolute atomic E-state index is 0.645. The molecule has 0 aliphatic heterocycles. The molecule has 0 aliphatic rings.